The molecule has 0 aromatic heterocycles. The first-order chi connectivity index (χ1) is 13.5. The second-order valence-corrected chi connectivity index (χ2v) is 7.17. The molecule has 2 amide bonds. The third-order valence-corrected chi connectivity index (χ3v) is 5.05. The van der Waals surface area contributed by atoms with Crippen LogP contribution in [0.3, 0.4) is 0 Å². The van der Waals surface area contributed by atoms with Gasteiger partial charge in [-0.05, 0) is 48.4 Å². The number of halogens is 1. The number of anilines is 1. The van der Waals surface area contributed by atoms with E-state index in [1.54, 1.807) is 46.2 Å². The Balaban J connectivity index is 1.58. The molecule has 0 aliphatic carbocycles. The number of likely N-dealkylation sites (tertiary alicyclic amines) is 1. The molecule has 1 atom stereocenters. The first-order valence-corrected chi connectivity index (χ1v) is 9.51. The van der Waals surface area contributed by atoms with E-state index in [1.807, 2.05) is 12.1 Å². The molecular formula is C21H23ClN2O4. The Bertz CT molecular complexity index is 823. The molecule has 1 aliphatic heterocycles. The lowest BCUT2D eigenvalue weighted by Crippen LogP contribution is -2.42. The Morgan fingerprint density at radius 1 is 1.18 bits per heavy atom. The molecule has 1 fully saturated rings. The summed E-state index contributed by atoms with van der Waals surface area (Å²) in [7, 11) is 0. The summed E-state index contributed by atoms with van der Waals surface area (Å²) in [5.74, 6) is 0.392. The van der Waals surface area contributed by atoms with E-state index in [0.29, 0.717) is 30.3 Å². The van der Waals surface area contributed by atoms with Crippen molar-refractivity contribution in [2.24, 2.45) is 0 Å². The third-order valence-electron chi connectivity index (χ3n) is 4.79. The number of ether oxygens (including phenoxy) is 1. The first kappa shape index (κ1) is 20.2. The third kappa shape index (κ3) is 4.82. The molecule has 3 rings (SSSR count). The number of hydrogen-bond donors (Lipinski definition) is 1. The van der Waals surface area contributed by atoms with Gasteiger partial charge in [-0.25, -0.2) is 0 Å². The van der Waals surface area contributed by atoms with Crippen molar-refractivity contribution >= 4 is 29.1 Å². The minimum atomic E-state index is -0.117. The van der Waals surface area contributed by atoms with Crippen molar-refractivity contribution in [2.75, 3.05) is 24.6 Å². The Hall–Kier alpha value is -2.57. The number of carbonyl (C=O) groups is 2. The number of aliphatic hydroxyl groups is 1. The number of aliphatic hydroxyl groups excluding tert-OH is 1. The van der Waals surface area contributed by atoms with Crippen molar-refractivity contribution in [1.29, 1.82) is 0 Å². The molecule has 0 bridgehead atoms. The van der Waals surface area contributed by atoms with Gasteiger partial charge in [0.1, 0.15) is 5.75 Å². The van der Waals surface area contributed by atoms with E-state index >= 15 is 0 Å². The second kappa shape index (κ2) is 9.08. The lowest BCUT2D eigenvalue weighted by molar-refractivity contribution is -0.132. The van der Waals surface area contributed by atoms with Crippen molar-refractivity contribution in [3.8, 4) is 5.75 Å². The van der Waals surface area contributed by atoms with Crippen molar-refractivity contribution < 1.29 is 19.4 Å². The van der Waals surface area contributed by atoms with Gasteiger partial charge in [0.2, 0.25) is 5.91 Å². The zero-order chi connectivity index (χ0) is 20.1. The summed E-state index contributed by atoms with van der Waals surface area (Å²) in [6, 6.07) is 14.0. The quantitative estimate of drug-likeness (QED) is 0.806. The van der Waals surface area contributed by atoms with E-state index in [9.17, 15) is 9.59 Å². The zero-order valence-corrected chi connectivity index (χ0v) is 16.4. The van der Waals surface area contributed by atoms with E-state index in [-0.39, 0.29) is 31.1 Å². The summed E-state index contributed by atoms with van der Waals surface area (Å²) in [5, 5.41) is 9.67. The molecule has 1 saturated heterocycles. The van der Waals surface area contributed by atoms with Crippen molar-refractivity contribution in [2.45, 2.75) is 26.0 Å². The van der Waals surface area contributed by atoms with Crippen LogP contribution in [0.2, 0.25) is 5.02 Å². The summed E-state index contributed by atoms with van der Waals surface area (Å²) in [6.07, 6.45) is 0.707. The van der Waals surface area contributed by atoms with Gasteiger partial charge in [0.15, 0.2) is 6.61 Å². The highest BCUT2D eigenvalue weighted by molar-refractivity contribution is 6.30. The summed E-state index contributed by atoms with van der Waals surface area (Å²) < 4.78 is 5.55. The van der Waals surface area contributed by atoms with Crippen LogP contribution in [0.15, 0.2) is 48.5 Å². The van der Waals surface area contributed by atoms with Crippen molar-refractivity contribution in [3.63, 3.8) is 0 Å². The molecule has 1 aliphatic rings. The molecule has 28 heavy (non-hydrogen) atoms. The molecule has 0 radical (unpaired) electrons. The Morgan fingerprint density at radius 2 is 1.86 bits per heavy atom. The average Bonchev–Trinajstić information content (AvgIpc) is 3.17. The minimum absolute atomic E-state index is 0.0331. The number of nitrogens with zero attached hydrogens (tertiary/aromatic N) is 2. The van der Waals surface area contributed by atoms with Gasteiger partial charge < -0.3 is 19.6 Å². The van der Waals surface area contributed by atoms with Crippen LogP contribution < -0.4 is 9.64 Å². The molecular weight excluding hydrogens is 380 g/mol. The molecule has 0 saturated carbocycles. The van der Waals surface area contributed by atoms with Crippen molar-refractivity contribution in [3.05, 3.63) is 59.1 Å². The van der Waals surface area contributed by atoms with Gasteiger partial charge in [0, 0.05) is 30.7 Å². The molecule has 0 spiro atoms. The van der Waals surface area contributed by atoms with Crippen LogP contribution in [-0.4, -0.2) is 47.6 Å². The molecule has 6 nitrogen and oxygen atoms in total. The lowest BCUT2D eigenvalue weighted by atomic mass is 10.2. The fourth-order valence-electron chi connectivity index (χ4n) is 3.36. The minimum Gasteiger partial charge on any atom is -0.484 e. The van der Waals surface area contributed by atoms with Crippen LogP contribution in [0, 0.1) is 0 Å². The Morgan fingerprint density at radius 3 is 2.46 bits per heavy atom. The fourth-order valence-corrected chi connectivity index (χ4v) is 3.48. The maximum absolute atomic E-state index is 12.5. The Labute approximate surface area is 169 Å². The first-order valence-electron chi connectivity index (χ1n) is 9.13. The van der Waals surface area contributed by atoms with Crippen LogP contribution in [0.25, 0.3) is 0 Å². The monoisotopic (exact) mass is 402 g/mol. The topological polar surface area (TPSA) is 70.1 Å². The van der Waals surface area contributed by atoms with Crippen LogP contribution in [0.4, 0.5) is 5.69 Å². The van der Waals surface area contributed by atoms with Crippen molar-refractivity contribution in [1.82, 2.24) is 4.90 Å². The molecule has 1 heterocycles. The maximum Gasteiger partial charge on any atom is 0.260 e. The summed E-state index contributed by atoms with van der Waals surface area (Å²) in [4.78, 5) is 28.1. The summed E-state index contributed by atoms with van der Waals surface area (Å²) in [6.45, 7) is 2.47. The molecule has 1 N–H and O–H groups in total. The molecule has 7 heteroatoms. The molecule has 2 aromatic carbocycles. The highest BCUT2D eigenvalue weighted by Crippen LogP contribution is 2.25. The van der Waals surface area contributed by atoms with E-state index in [1.165, 1.54) is 6.92 Å². The number of amides is 2. The van der Waals surface area contributed by atoms with Gasteiger partial charge in [0.05, 0.1) is 12.6 Å². The largest absolute Gasteiger partial charge is 0.484 e. The van der Waals surface area contributed by atoms with Gasteiger partial charge in [-0.2, -0.15) is 0 Å². The predicted molar refractivity (Wildman–Crippen MR) is 107 cm³/mol. The fraction of sp³-hybridized carbons (Fsp3) is 0.333. The van der Waals surface area contributed by atoms with E-state index in [2.05, 4.69) is 0 Å². The SMILES string of the molecule is CC(=O)N(c1ccc(Cl)cc1)C1CCN(C(=O)COc2ccc(CO)cc2)C1. The predicted octanol–water partition coefficient (Wildman–Crippen LogP) is 2.87. The normalized spacial score (nSPS) is 16.1. The van der Waals surface area contributed by atoms with Gasteiger partial charge in [0.25, 0.3) is 5.91 Å². The Kier molecular flexibility index (Phi) is 6.54. The van der Waals surface area contributed by atoms with E-state index < -0.39 is 0 Å². The highest BCUT2D eigenvalue weighted by Gasteiger charge is 2.32. The highest BCUT2D eigenvalue weighted by atomic mass is 35.5. The number of rotatable bonds is 6. The van der Waals surface area contributed by atoms with Crippen LogP contribution in [-0.2, 0) is 16.2 Å². The van der Waals surface area contributed by atoms with E-state index in [4.69, 9.17) is 21.4 Å². The lowest BCUT2D eigenvalue weighted by Gasteiger charge is -2.28. The maximum atomic E-state index is 12.5. The summed E-state index contributed by atoms with van der Waals surface area (Å²) >= 11 is 5.94. The molecule has 148 valence electrons. The standard InChI is InChI=1S/C21H23ClN2O4/c1-15(26)24(18-6-4-17(22)5-7-18)19-10-11-23(12-19)21(27)14-28-20-8-2-16(13-25)3-9-20/h2-9,19,25H,10-14H2,1H3. The van der Waals surface area contributed by atoms with Gasteiger partial charge in [-0.1, -0.05) is 23.7 Å². The molecule has 2 aromatic rings. The second-order valence-electron chi connectivity index (χ2n) is 6.74. The van der Waals surface area contributed by atoms with Crippen LogP contribution >= 0.6 is 11.6 Å². The number of carbonyl (C=O) groups excluding carboxylic acids is 2. The number of hydrogen-bond acceptors (Lipinski definition) is 4. The molecule has 1 unspecified atom stereocenters. The average molecular weight is 403 g/mol. The van der Waals surface area contributed by atoms with Gasteiger partial charge in [-0.3, -0.25) is 9.59 Å². The smallest absolute Gasteiger partial charge is 0.260 e. The van der Waals surface area contributed by atoms with Crippen LogP contribution in [0.5, 0.6) is 5.75 Å². The van der Waals surface area contributed by atoms with Gasteiger partial charge in [-0.15, -0.1) is 0 Å². The zero-order valence-electron chi connectivity index (χ0n) is 15.7. The van der Waals surface area contributed by atoms with Crippen LogP contribution in [0.1, 0.15) is 18.9 Å². The number of benzene rings is 2. The van der Waals surface area contributed by atoms with E-state index in [0.717, 1.165) is 11.3 Å². The summed E-state index contributed by atoms with van der Waals surface area (Å²) in [5.41, 5.74) is 1.56. The van der Waals surface area contributed by atoms with Gasteiger partial charge >= 0.3 is 0 Å².